The van der Waals surface area contributed by atoms with Crippen LogP contribution in [0.2, 0.25) is 0 Å². The third-order valence-corrected chi connectivity index (χ3v) is 4.31. The summed E-state index contributed by atoms with van der Waals surface area (Å²) >= 11 is 0. The third kappa shape index (κ3) is 3.39. The van der Waals surface area contributed by atoms with Crippen molar-refractivity contribution in [2.24, 2.45) is 7.05 Å². The Kier molecular flexibility index (Phi) is 4.49. The molecule has 0 radical (unpaired) electrons. The zero-order valence-corrected chi connectivity index (χ0v) is 13.5. The van der Waals surface area contributed by atoms with Crippen molar-refractivity contribution in [3.05, 3.63) is 62.3 Å². The number of nitrogens with one attached hydrogen (secondary N) is 1. The van der Waals surface area contributed by atoms with E-state index in [2.05, 4.69) is 16.0 Å². The van der Waals surface area contributed by atoms with Crippen molar-refractivity contribution >= 4 is 5.82 Å². The van der Waals surface area contributed by atoms with E-state index in [0.29, 0.717) is 11.4 Å². The lowest BCUT2D eigenvalue weighted by Gasteiger charge is -2.35. The molecule has 7 nitrogen and oxygen atoms in total. The van der Waals surface area contributed by atoms with Gasteiger partial charge in [-0.1, -0.05) is 12.1 Å². The molecule has 0 spiro atoms. The van der Waals surface area contributed by atoms with E-state index in [1.165, 1.54) is 13.1 Å². The number of benzene rings is 1. The summed E-state index contributed by atoms with van der Waals surface area (Å²) in [5.74, 6) is 0.578. The maximum Gasteiger partial charge on any atom is 0.329 e. The summed E-state index contributed by atoms with van der Waals surface area (Å²) in [6.07, 6.45) is 0. The van der Waals surface area contributed by atoms with Crippen molar-refractivity contribution in [3.63, 3.8) is 0 Å². The highest BCUT2D eigenvalue weighted by molar-refractivity contribution is 5.37. The number of nitriles is 1. The number of piperazine rings is 1. The number of hydrogen-bond acceptors (Lipinski definition) is 5. The zero-order chi connectivity index (χ0) is 17.1. The average molecular weight is 325 g/mol. The number of hydrogen-bond donors (Lipinski definition) is 1. The molecule has 0 amide bonds. The van der Waals surface area contributed by atoms with Gasteiger partial charge in [0.1, 0.15) is 5.82 Å². The fourth-order valence-corrected chi connectivity index (χ4v) is 2.86. The summed E-state index contributed by atoms with van der Waals surface area (Å²) in [6, 6.07) is 11.2. The standard InChI is InChI=1S/C17H19N5O2/c1-20-16(23)10-15(19-17(20)24)22-7-5-21(6-8-22)12-14-4-2-3-13(9-14)11-18/h2-4,9-10H,5-8,12H2,1H3,(H,19,24). The smallest absolute Gasteiger partial charge is 0.329 e. The Balaban J connectivity index is 1.65. The van der Waals surface area contributed by atoms with Crippen molar-refractivity contribution in [2.75, 3.05) is 31.1 Å². The van der Waals surface area contributed by atoms with Crippen LogP contribution in [0.4, 0.5) is 5.82 Å². The van der Waals surface area contributed by atoms with Crippen molar-refractivity contribution in [2.45, 2.75) is 6.54 Å². The molecule has 0 bridgehead atoms. The van der Waals surface area contributed by atoms with Crippen LogP contribution >= 0.6 is 0 Å². The van der Waals surface area contributed by atoms with Gasteiger partial charge in [0.2, 0.25) is 0 Å². The number of aromatic nitrogens is 2. The summed E-state index contributed by atoms with van der Waals surface area (Å²) in [5.41, 5.74) is 1.09. The second-order valence-corrected chi connectivity index (χ2v) is 5.93. The summed E-state index contributed by atoms with van der Waals surface area (Å²) in [4.78, 5) is 30.5. The second-order valence-electron chi connectivity index (χ2n) is 5.93. The van der Waals surface area contributed by atoms with Crippen LogP contribution in [0.15, 0.2) is 39.9 Å². The van der Waals surface area contributed by atoms with Gasteiger partial charge in [-0.2, -0.15) is 5.26 Å². The molecule has 1 fully saturated rings. The number of anilines is 1. The molecule has 1 aromatic heterocycles. The first-order chi connectivity index (χ1) is 11.6. The molecule has 124 valence electrons. The lowest BCUT2D eigenvalue weighted by molar-refractivity contribution is 0.249. The SMILES string of the molecule is Cn1c(=O)cc(N2CCN(Cc3cccc(C#N)c3)CC2)[nH]c1=O. The number of H-pyrrole nitrogens is 1. The third-order valence-electron chi connectivity index (χ3n) is 4.31. The van der Waals surface area contributed by atoms with E-state index >= 15 is 0 Å². The van der Waals surface area contributed by atoms with Gasteiger partial charge in [0.25, 0.3) is 5.56 Å². The topological polar surface area (TPSA) is 85.1 Å². The minimum atomic E-state index is -0.395. The van der Waals surface area contributed by atoms with E-state index in [0.717, 1.165) is 42.9 Å². The first kappa shape index (κ1) is 16.0. The number of rotatable bonds is 3. The molecule has 1 N–H and O–H groups in total. The lowest BCUT2D eigenvalue weighted by atomic mass is 10.1. The van der Waals surface area contributed by atoms with Crippen LogP contribution in [-0.2, 0) is 13.6 Å². The Morgan fingerprint density at radius 3 is 2.58 bits per heavy atom. The maximum atomic E-state index is 11.7. The van der Waals surface area contributed by atoms with Crippen molar-refractivity contribution in [1.82, 2.24) is 14.5 Å². The minimum Gasteiger partial charge on any atom is -0.355 e. The Bertz CT molecular complexity index is 854. The van der Waals surface area contributed by atoms with Gasteiger partial charge in [0, 0.05) is 45.8 Å². The molecule has 1 saturated heterocycles. The normalized spacial score (nSPS) is 15.2. The van der Waals surface area contributed by atoms with Gasteiger partial charge in [-0.05, 0) is 17.7 Å². The van der Waals surface area contributed by atoms with Crippen molar-refractivity contribution in [1.29, 1.82) is 5.26 Å². The monoisotopic (exact) mass is 325 g/mol. The quantitative estimate of drug-likeness (QED) is 0.875. The summed E-state index contributed by atoms with van der Waals surface area (Å²) < 4.78 is 1.06. The molecule has 1 aliphatic rings. The fourth-order valence-electron chi connectivity index (χ4n) is 2.86. The van der Waals surface area contributed by atoms with Crippen LogP contribution in [-0.4, -0.2) is 40.6 Å². The molecule has 0 unspecified atom stereocenters. The molecule has 0 aliphatic carbocycles. The Hall–Kier alpha value is -2.85. The van der Waals surface area contributed by atoms with E-state index in [1.807, 2.05) is 23.1 Å². The Morgan fingerprint density at radius 1 is 1.17 bits per heavy atom. The van der Waals surface area contributed by atoms with Crippen LogP contribution in [0.1, 0.15) is 11.1 Å². The molecular formula is C17H19N5O2. The van der Waals surface area contributed by atoms with E-state index < -0.39 is 5.69 Å². The fraction of sp³-hybridized carbons (Fsp3) is 0.353. The molecule has 2 heterocycles. The average Bonchev–Trinajstić information content (AvgIpc) is 2.60. The van der Waals surface area contributed by atoms with Gasteiger partial charge >= 0.3 is 5.69 Å². The van der Waals surface area contributed by atoms with Crippen molar-refractivity contribution in [3.8, 4) is 6.07 Å². The predicted molar refractivity (Wildman–Crippen MR) is 91.0 cm³/mol. The molecule has 2 aromatic rings. The van der Waals surface area contributed by atoms with Gasteiger partial charge < -0.3 is 4.90 Å². The highest BCUT2D eigenvalue weighted by Gasteiger charge is 2.18. The van der Waals surface area contributed by atoms with E-state index in [9.17, 15) is 9.59 Å². The Morgan fingerprint density at radius 2 is 1.92 bits per heavy atom. The molecule has 1 aliphatic heterocycles. The van der Waals surface area contributed by atoms with E-state index in [-0.39, 0.29) is 5.56 Å². The molecule has 3 rings (SSSR count). The van der Waals surface area contributed by atoms with Crippen molar-refractivity contribution < 1.29 is 0 Å². The highest BCUT2D eigenvalue weighted by atomic mass is 16.2. The largest absolute Gasteiger partial charge is 0.355 e. The number of aromatic amines is 1. The van der Waals surface area contributed by atoms with Crippen LogP contribution in [0, 0.1) is 11.3 Å². The summed E-state index contributed by atoms with van der Waals surface area (Å²) in [5, 5.41) is 8.97. The van der Waals surface area contributed by atoms with E-state index in [4.69, 9.17) is 5.26 Å². The van der Waals surface area contributed by atoms with Gasteiger partial charge in [0.05, 0.1) is 11.6 Å². The first-order valence-corrected chi connectivity index (χ1v) is 7.83. The van der Waals surface area contributed by atoms with Gasteiger partial charge in [-0.25, -0.2) is 4.79 Å². The van der Waals surface area contributed by atoms with Crippen LogP contribution in [0.25, 0.3) is 0 Å². The minimum absolute atomic E-state index is 0.301. The summed E-state index contributed by atoms with van der Waals surface area (Å²) in [6.45, 7) is 3.92. The molecule has 0 atom stereocenters. The van der Waals surface area contributed by atoms with Crippen LogP contribution in [0.3, 0.4) is 0 Å². The molecule has 7 heteroatoms. The second kappa shape index (κ2) is 6.72. The Labute approximate surface area is 139 Å². The maximum absolute atomic E-state index is 11.7. The molecular weight excluding hydrogens is 306 g/mol. The molecule has 24 heavy (non-hydrogen) atoms. The van der Waals surface area contributed by atoms with Gasteiger partial charge in [-0.3, -0.25) is 19.2 Å². The summed E-state index contributed by atoms with van der Waals surface area (Å²) in [7, 11) is 1.46. The lowest BCUT2D eigenvalue weighted by Crippen LogP contribution is -2.47. The first-order valence-electron chi connectivity index (χ1n) is 7.83. The zero-order valence-electron chi connectivity index (χ0n) is 13.5. The molecule has 0 saturated carbocycles. The van der Waals surface area contributed by atoms with Crippen LogP contribution < -0.4 is 16.1 Å². The highest BCUT2D eigenvalue weighted by Crippen LogP contribution is 2.13. The molecule has 1 aromatic carbocycles. The number of nitrogens with zero attached hydrogens (tertiary/aromatic N) is 4. The van der Waals surface area contributed by atoms with Gasteiger partial charge in [-0.15, -0.1) is 0 Å². The van der Waals surface area contributed by atoms with Crippen LogP contribution in [0.5, 0.6) is 0 Å². The van der Waals surface area contributed by atoms with E-state index in [1.54, 1.807) is 6.07 Å². The van der Waals surface area contributed by atoms with Gasteiger partial charge in [0.15, 0.2) is 0 Å². The predicted octanol–water partition coefficient (Wildman–Crippen LogP) is 0.267.